The number of carbonyl (C=O) groups is 2. The highest BCUT2D eigenvalue weighted by atomic mass is 16.5. The maximum atomic E-state index is 10.4. The van der Waals surface area contributed by atoms with Crippen LogP contribution in [-0.2, 0) is 44.6 Å². The van der Waals surface area contributed by atoms with E-state index < -0.39 is 11.9 Å². The quantitative estimate of drug-likeness (QED) is 0.174. The van der Waals surface area contributed by atoms with Gasteiger partial charge in [0.2, 0.25) is 0 Å². The predicted octanol–water partition coefficient (Wildman–Crippen LogP) is 1.54. The molecular weight excluding hydrogens is 474 g/mol. The second-order valence-electron chi connectivity index (χ2n) is 7.72. The predicted molar refractivity (Wildman–Crippen MR) is 131 cm³/mol. The first-order chi connectivity index (χ1) is 17.6. The summed E-state index contributed by atoms with van der Waals surface area (Å²) in [5, 5.41) is 17.1. The normalized spacial score (nSPS) is 11.2. The van der Waals surface area contributed by atoms with Crippen LogP contribution >= 0.6 is 0 Å². The van der Waals surface area contributed by atoms with Gasteiger partial charge in [-0.15, -0.1) is 0 Å². The first-order valence-electron chi connectivity index (χ1n) is 12.2. The van der Waals surface area contributed by atoms with Crippen molar-refractivity contribution in [2.24, 2.45) is 0 Å². The SMILES string of the molecule is O=C(O)CCOCCOCCOCCN(CCOCCOCCOCCC(=O)O)Cc1ccccc1. The third-order valence-electron chi connectivity index (χ3n) is 4.76. The number of nitrogens with zero attached hydrogens (tertiary/aromatic N) is 1. The number of hydrogen-bond acceptors (Lipinski definition) is 9. The standard InChI is InChI=1S/C25H41NO10/c27-24(28)6-10-31-14-18-35-20-16-33-12-8-26(22-23-4-2-1-3-5-23)9-13-34-17-21-36-19-15-32-11-7-25(29)30/h1-5H,6-22H2,(H,27,28)(H,29,30). The van der Waals surface area contributed by atoms with E-state index in [1.54, 1.807) is 0 Å². The van der Waals surface area contributed by atoms with Crippen LogP contribution in [0, 0.1) is 0 Å². The lowest BCUT2D eigenvalue weighted by Crippen LogP contribution is -2.31. The zero-order valence-electron chi connectivity index (χ0n) is 21.0. The number of ether oxygens (including phenoxy) is 6. The third-order valence-corrected chi connectivity index (χ3v) is 4.76. The maximum absolute atomic E-state index is 10.4. The zero-order chi connectivity index (χ0) is 26.1. The van der Waals surface area contributed by atoms with Crippen molar-refractivity contribution in [1.82, 2.24) is 4.90 Å². The highest BCUT2D eigenvalue weighted by molar-refractivity contribution is 5.67. The minimum absolute atomic E-state index is 0.00554. The summed E-state index contributed by atoms with van der Waals surface area (Å²) in [6.45, 7) is 7.20. The van der Waals surface area contributed by atoms with E-state index in [1.165, 1.54) is 5.56 Å². The van der Waals surface area contributed by atoms with E-state index in [-0.39, 0.29) is 26.1 Å². The van der Waals surface area contributed by atoms with Gasteiger partial charge >= 0.3 is 11.9 Å². The number of benzene rings is 1. The van der Waals surface area contributed by atoms with Crippen molar-refractivity contribution in [3.05, 3.63) is 35.9 Å². The fraction of sp³-hybridized carbons (Fsp3) is 0.680. The van der Waals surface area contributed by atoms with Gasteiger partial charge in [-0.3, -0.25) is 14.5 Å². The van der Waals surface area contributed by atoms with Gasteiger partial charge < -0.3 is 38.6 Å². The van der Waals surface area contributed by atoms with Gasteiger partial charge in [-0.25, -0.2) is 0 Å². The summed E-state index contributed by atoms with van der Waals surface area (Å²) >= 11 is 0. The number of carboxylic acid groups (broad SMARTS) is 2. The molecule has 0 fully saturated rings. The van der Waals surface area contributed by atoms with Gasteiger partial charge in [0.05, 0.1) is 92.1 Å². The molecule has 0 bridgehead atoms. The Hall–Kier alpha value is -2.12. The smallest absolute Gasteiger partial charge is 0.305 e. The summed E-state index contributed by atoms with van der Waals surface area (Å²) in [6, 6.07) is 10.2. The molecule has 1 aromatic rings. The van der Waals surface area contributed by atoms with Gasteiger partial charge in [-0.1, -0.05) is 30.3 Å². The molecule has 36 heavy (non-hydrogen) atoms. The van der Waals surface area contributed by atoms with Crippen LogP contribution in [-0.4, -0.2) is 119 Å². The summed E-state index contributed by atoms with van der Waals surface area (Å²) in [4.78, 5) is 23.0. The van der Waals surface area contributed by atoms with Crippen molar-refractivity contribution >= 4 is 11.9 Å². The van der Waals surface area contributed by atoms with Crippen LogP contribution in [0.25, 0.3) is 0 Å². The number of rotatable bonds is 26. The fourth-order valence-electron chi connectivity index (χ4n) is 2.90. The van der Waals surface area contributed by atoms with E-state index in [1.807, 2.05) is 18.2 Å². The van der Waals surface area contributed by atoms with Crippen LogP contribution in [0.5, 0.6) is 0 Å². The largest absolute Gasteiger partial charge is 0.481 e. The molecular formula is C25H41NO10. The molecule has 0 aromatic heterocycles. The van der Waals surface area contributed by atoms with E-state index in [0.29, 0.717) is 66.1 Å². The van der Waals surface area contributed by atoms with Gasteiger partial charge in [-0.2, -0.15) is 0 Å². The first-order valence-corrected chi connectivity index (χ1v) is 12.2. The average Bonchev–Trinajstić information content (AvgIpc) is 2.85. The monoisotopic (exact) mass is 515 g/mol. The lowest BCUT2D eigenvalue weighted by Gasteiger charge is -2.22. The molecule has 0 spiro atoms. The van der Waals surface area contributed by atoms with E-state index in [0.717, 1.165) is 19.6 Å². The molecule has 2 N–H and O–H groups in total. The van der Waals surface area contributed by atoms with Crippen LogP contribution < -0.4 is 0 Å². The van der Waals surface area contributed by atoms with Gasteiger partial charge in [0.25, 0.3) is 0 Å². The van der Waals surface area contributed by atoms with Crippen molar-refractivity contribution < 1.29 is 48.2 Å². The molecule has 0 saturated heterocycles. The van der Waals surface area contributed by atoms with E-state index in [4.69, 9.17) is 38.6 Å². The summed E-state index contributed by atoms with van der Waals surface area (Å²) in [5.41, 5.74) is 1.22. The Balaban J connectivity index is 2.09. The van der Waals surface area contributed by atoms with E-state index in [9.17, 15) is 9.59 Å². The second kappa shape index (κ2) is 23.3. The Labute approximate surface area is 213 Å². The molecule has 0 unspecified atom stereocenters. The Kier molecular flexibility index (Phi) is 20.6. The average molecular weight is 516 g/mol. The van der Waals surface area contributed by atoms with Crippen molar-refractivity contribution in [3.8, 4) is 0 Å². The Bertz CT molecular complexity index is 625. The van der Waals surface area contributed by atoms with Crippen LogP contribution in [0.1, 0.15) is 18.4 Å². The van der Waals surface area contributed by atoms with Gasteiger partial charge in [0, 0.05) is 19.6 Å². The van der Waals surface area contributed by atoms with Gasteiger partial charge in [-0.05, 0) is 5.56 Å². The van der Waals surface area contributed by atoms with Crippen LogP contribution in [0.2, 0.25) is 0 Å². The van der Waals surface area contributed by atoms with Gasteiger partial charge in [0.15, 0.2) is 0 Å². The molecule has 1 rings (SSSR count). The third kappa shape index (κ3) is 21.2. The molecule has 206 valence electrons. The topological polar surface area (TPSA) is 133 Å². The molecule has 0 atom stereocenters. The molecule has 0 amide bonds. The van der Waals surface area contributed by atoms with E-state index >= 15 is 0 Å². The van der Waals surface area contributed by atoms with Crippen LogP contribution in [0.4, 0.5) is 0 Å². The molecule has 11 heteroatoms. The number of carboxylic acids is 2. The number of hydrogen-bond donors (Lipinski definition) is 2. The molecule has 0 saturated carbocycles. The molecule has 1 aromatic carbocycles. The summed E-state index contributed by atoms with van der Waals surface area (Å²) < 4.78 is 32.5. The van der Waals surface area contributed by atoms with Crippen molar-refractivity contribution in [3.63, 3.8) is 0 Å². The zero-order valence-corrected chi connectivity index (χ0v) is 21.0. The second-order valence-corrected chi connectivity index (χ2v) is 7.72. The molecule has 0 heterocycles. The van der Waals surface area contributed by atoms with Gasteiger partial charge in [0.1, 0.15) is 0 Å². The molecule has 0 radical (unpaired) electrons. The molecule has 0 aliphatic heterocycles. The lowest BCUT2D eigenvalue weighted by atomic mass is 10.2. The molecule has 0 aliphatic carbocycles. The molecule has 11 nitrogen and oxygen atoms in total. The minimum atomic E-state index is -0.875. The highest BCUT2D eigenvalue weighted by Gasteiger charge is 2.07. The summed E-state index contributed by atoms with van der Waals surface area (Å²) in [7, 11) is 0. The maximum Gasteiger partial charge on any atom is 0.305 e. The lowest BCUT2D eigenvalue weighted by molar-refractivity contribution is -0.139. The minimum Gasteiger partial charge on any atom is -0.481 e. The number of aliphatic carboxylic acids is 2. The Morgan fingerprint density at radius 1 is 0.556 bits per heavy atom. The van der Waals surface area contributed by atoms with Crippen LogP contribution in [0.3, 0.4) is 0 Å². The summed E-state index contributed by atoms with van der Waals surface area (Å²) in [5.74, 6) is -1.75. The van der Waals surface area contributed by atoms with E-state index in [2.05, 4.69) is 17.0 Å². The highest BCUT2D eigenvalue weighted by Crippen LogP contribution is 2.04. The van der Waals surface area contributed by atoms with Crippen LogP contribution in [0.15, 0.2) is 30.3 Å². The Morgan fingerprint density at radius 3 is 1.31 bits per heavy atom. The molecule has 0 aliphatic rings. The summed E-state index contributed by atoms with van der Waals surface area (Å²) in [6.07, 6.45) is -0.0111. The van der Waals surface area contributed by atoms with Crippen molar-refractivity contribution in [1.29, 1.82) is 0 Å². The van der Waals surface area contributed by atoms with Crippen molar-refractivity contribution in [2.45, 2.75) is 19.4 Å². The van der Waals surface area contributed by atoms with Crippen molar-refractivity contribution in [2.75, 3.05) is 92.4 Å². The first kappa shape index (κ1) is 31.9. The fourth-order valence-corrected chi connectivity index (χ4v) is 2.90. The Morgan fingerprint density at radius 2 is 0.917 bits per heavy atom.